The van der Waals surface area contributed by atoms with Crippen LogP contribution in [0, 0.1) is 5.92 Å². The van der Waals surface area contributed by atoms with Gasteiger partial charge in [0.2, 0.25) is 0 Å². The van der Waals surface area contributed by atoms with Crippen LogP contribution in [0.4, 0.5) is 4.79 Å². The number of carboxylic acid groups (broad SMARTS) is 1. The Bertz CT molecular complexity index is 278. The van der Waals surface area contributed by atoms with Gasteiger partial charge < -0.3 is 20.4 Å². The molecule has 2 amide bonds. The molecule has 3 N–H and O–H groups in total. The Morgan fingerprint density at radius 2 is 2.06 bits per heavy atom. The number of carbonyl (C=O) groups is 2. The molecule has 1 aliphatic carbocycles. The number of nitrogens with zero attached hydrogens (tertiary/aromatic N) is 1. The third kappa shape index (κ3) is 3.10. The first-order chi connectivity index (χ1) is 7.47. The highest BCUT2D eigenvalue weighted by Crippen LogP contribution is 2.32. The van der Waals surface area contributed by atoms with Gasteiger partial charge in [-0.3, -0.25) is 0 Å². The molecule has 0 radical (unpaired) electrons. The Morgan fingerprint density at radius 3 is 2.44 bits per heavy atom. The summed E-state index contributed by atoms with van der Waals surface area (Å²) in [7, 11) is 1.53. The number of aliphatic hydroxyl groups is 1. The van der Waals surface area contributed by atoms with E-state index < -0.39 is 18.0 Å². The van der Waals surface area contributed by atoms with Crippen molar-refractivity contribution >= 4 is 12.0 Å². The fourth-order valence-electron chi connectivity index (χ4n) is 1.37. The third-order valence-electron chi connectivity index (χ3n) is 2.88. The van der Waals surface area contributed by atoms with Crippen molar-refractivity contribution in [2.24, 2.45) is 5.92 Å². The third-order valence-corrected chi connectivity index (χ3v) is 2.88. The molecule has 0 aliphatic heterocycles. The number of hydrogen-bond acceptors (Lipinski definition) is 3. The van der Waals surface area contributed by atoms with Crippen LogP contribution in [0.3, 0.4) is 0 Å². The van der Waals surface area contributed by atoms with Crippen LogP contribution in [0.1, 0.15) is 19.8 Å². The van der Waals surface area contributed by atoms with Gasteiger partial charge in [-0.15, -0.1) is 0 Å². The highest BCUT2D eigenvalue weighted by Gasteiger charge is 2.37. The number of amides is 2. The van der Waals surface area contributed by atoms with Gasteiger partial charge in [-0.05, 0) is 25.7 Å². The molecule has 0 spiro atoms. The second-order valence-electron chi connectivity index (χ2n) is 4.25. The lowest BCUT2D eigenvalue weighted by Gasteiger charge is -2.25. The first kappa shape index (κ1) is 12.8. The number of nitrogens with one attached hydrogen (secondary N) is 1. The number of aliphatic hydroxyl groups excluding tert-OH is 1. The van der Waals surface area contributed by atoms with Crippen molar-refractivity contribution in [1.29, 1.82) is 0 Å². The summed E-state index contributed by atoms with van der Waals surface area (Å²) in [4.78, 5) is 23.8. The number of likely N-dealkylation sites (N-methyl/N-ethyl adjacent to an activating group) is 1. The Hall–Kier alpha value is -1.30. The number of urea groups is 1. The molecule has 1 fully saturated rings. The second kappa shape index (κ2) is 5.16. The largest absolute Gasteiger partial charge is 0.480 e. The quantitative estimate of drug-likeness (QED) is 0.613. The molecule has 2 atom stereocenters. The van der Waals surface area contributed by atoms with Crippen molar-refractivity contribution in [2.75, 3.05) is 13.7 Å². The molecule has 6 heteroatoms. The predicted octanol–water partition coefficient (Wildman–Crippen LogP) is -0.128. The lowest BCUT2D eigenvalue weighted by molar-refractivity contribution is -0.139. The predicted molar refractivity (Wildman–Crippen MR) is 57.0 cm³/mol. The van der Waals surface area contributed by atoms with E-state index in [2.05, 4.69) is 5.32 Å². The van der Waals surface area contributed by atoms with E-state index in [4.69, 9.17) is 10.2 Å². The lowest BCUT2D eigenvalue weighted by atomic mass is 10.2. The average molecular weight is 230 g/mol. The molecule has 0 heterocycles. The molecule has 2 unspecified atom stereocenters. The molecule has 0 saturated heterocycles. The number of aliphatic carboxylic acids is 1. The van der Waals surface area contributed by atoms with Gasteiger partial charge >= 0.3 is 12.0 Å². The van der Waals surface area contributed by atoms with Crippen LogP contribution >= 0.6 is 0 Å². The molecular formula is C10H18N2O4. The van der Waals surface area contributed by atoms with E-state index in [9.17, 15) is 9.59 Å². The second-order valence-corrected chi connectivity index (χ2v) is 4.25. The Labute approximate surface area is 94.2 Å². The summed E-state index contributed by atoms with van der Waals surface area (Å²) in [6.45, 7) is 1.54. The minimum atomic E-state index is -0.999. The Kier molecular flexibility index (Phi) is 4.12. The summed E-state index contributed by atoms with van der Waals surface area (Å²) < 4.78 is 0. The van der Waals surface area contributed by atoms with Crippen LogP contribution in [0.15, 0.2) is 0 Å². The van der Waals surface area contributed by atoms with E-state index in [0.717, 1.165) is 12.8 Å². The molecule has 6 nitrogen and oxygen atoms in total. The topological polar surface area (TPSA) is 89.9 Å². The number of hydrogen-bond donors (Lipinski definition) is 3. The SMILES string of the molecule is CC(CO)N(C)C(=O)NC(C(=O)O)C1CC1. The molecule has 0 bridgehead atoms. The monoisotopic (exact) mass is 230 g/mol. The van der Waals surface area contributed by atoms with Gasteiger partial charge in [0.25, 0.3) is 0 Å². The minimum absolute atomic E-state index is 0.0549. The van der Waals surface area contributed by atoms with Crippen LogP contribution in [-0.2, 0) is 4.79 Å². The van der Waals surface area contributed by atoms with Gasteiger partial charge in [-0.2, -0.15) is 0 Å². The normalized spacial score (nSPS) is 18.7. The van der Waals surface area contributed by atoms with Gasteiger partial charge in [-0.1, -0.05) is 0 Å². The van der Waals surface area contributed by atoms with Gasteiger partial charge in [0.15, 0.2) is 0 Å². The van der Waals surface area contributed by atoms with Crippen molar-refractivity contribution in [1.82, 2.24) is 10.2 Å². The average Bonchev–Trinajstić information content (AvgIpc) is 3.06. The molecule has 0 aromatic rings. The first-order valence-corrected chi connectivity index (χ1v) is 5.34. The molecule has 1 aliphatic rings. The maximum atomic E-state index is 11.6. The van der Waals surface area contributed by atoms with E-state index >= 15 is 0 Å². The zero-order valence-electron chi connectivity index (χ0n) is 9.51. The molecule has 1 rings (SSSR count). The number of carbonyl (C=O) groups excluding carboxylic acids is 1. The fraction of sp³-hybridized carbons (Fsp3) is 0.800. The summed E-state index contributed by atoms with van der Waals surface area (Å²) >= 11 is 0. The van der Waals surface area contributed by atoms with Crippen LogP contribution in [0.5, 0.6) is 0 Å². The van der Waals surface area contributed by atoms with E-state index in [1.165, 1.54) is 11.9 Å². The molecule has 0 aromatic carbocycles. The van der Waals surface area contributed by atoms with Gasteiger partial charge in [0.05, 0.1) is 12.6 Å². The number of rotatable bonds is 5. The maximum Gasteiger partial charge on any atom is 0.326 e. The summed E-state index contributed by atoms with van der Waals surface area (Å²) in [5.74, 6) is -0.944. The minimum Gasteiger partial charge on any atom is -0.480 e. The zero-order chi connectivity index (χ0) is 12.3. The molecule has 1 saturated carbocycles. The van der Waals surface area contributed by atoms with Crippen LogP contribution in [-0.4, -0.2) is 52.9 Å². The summed E-state index contributed by atoms with van der Waals surface area (Å²) in [6.07, 6.45) is 1.69. The number of carboxylic acids is 1. The highest BCUT2D eigenvalue weighted by molar-refractivity contribution is 5.83. The standard InChI is InChI=1S/C10H18N2O4/c1-6(5-13)12(2)10(16)11-8(9(14)15)7-3-4-7/h6-8,13H,3-5H2,1-2H3,(H,11,16)(H,14,15). The van der Waals surface area contributed by atoms with Crippen molar-refractivity contribution in [3.8, 4) is 0 Å². The van der Waals surface area contributed by atoms with Crippen molar-refractivity contribution < 1.29 is 19.8 Å². The van der Waals surface area contributed by atoms with Crippen LogP contribution in [0.2, 0.25) is 0 Å². The van der Waals surface area contributed by atoms with Crippen molar-refractivity contribution in [3.63, 3.8) is 0 Å². The fourth-order valence-corrected chi connectivity index (χ4v) is 1.37. The Morgan fingerprint density at radius 1 is 1.50 bits per heavy atom. The smallest absolute Gasteiger partial charge is 0.326 e. The summed E-state index contributed by atoms with van der Waals surface area (Å²) in [5.41, 5.74) is 0. The lowest BCUT2D eigenvalue weighted by Crippen LogP contribution is -2.50. The van der Waals surface area contributed by atoms with Gasteiger partial charge in [0, 0.05) is 7.05 Å². The molecule has 92 valence electrons. The van der Waals surface area contributed by atoms with Crippen LogP contribution in [0.25, 0.3) is 0 Å². The van der Waals surface area contributed by atoms with Gasteiger partial charge in [-0.25, -0.2) is 9.59 Å². The van der Waals surface area contributed by atoms with Gasteiger partial charge in [0.1, 0.15) is 6.04 Å². The van der Waals surface area contributed by atoms with E-state index in [-0.39, 0.29) is 18.6 Å². The summed E-state index contributed by atoms with van der Waals surface area (Å²) in [5, 5.41) is 20.3. The van der Waals surface area contributed by atoms with E-state index in [1.807, 2.05) is 0 Å². The molecular weight excluding hydrogens is 212 g/mol. The first-order valence-electron chi connectivity index (χ1n) is 5.34. The zero-order valence-corrected chi connectivity index (χ0v) is 9.51. The van der Waals surface area contributed by atoms with Crippen LogP contribution < -0.4 is 5.32 Å². The van der Waals surface area contributed by atoms with Crippen molar-refractivity contribution in [2.45, 2.75) is 31.8 Å². The van der Waals surface area contributed by atoms with Crippen molar-refractivity contribution in [3.05, 3.63) is 0 Å². The molecule has 0 aromatic heterocycles. The van der Waals surface area contributed by atoms with E-state index in [1.54, 1.807) is 6.92 Å². The molecule has 16 heavy (non-hydrogen) atoms. The summed E-state index contributed by atoms with van der Waals surface area (Å²) in [6, 6.07) is -1.59. The highest BCUT2D eigenvalue weighted by atomic mass is 16.4. The Balaban J connectivity index is 2.51. The maximum absolute atomic E-state index is 11.6. The van der Waals surface area contributed by atoms with E-state index in [0.29, 0.717) is 0 Å².